The second kappa shape index (κ2) is 6.42. The zero-order valence-electron chi connectivity index (χ0n) is 8.11. The summed E-state index contributed by atoms with van der Waals surface area (Å²) in [7, 11) is 0. The predicted molar refractivity (Wildman–Crippen MR) is 60.9 cm³/mol. The summed E-state index contributed by atoms with van der Waals surface area (Å²) in [5, 5.41) is 7.13. The minimum absolute atomic E-state index is 0. The maximum atomic E-state index is 10.9. The summed E-state index contributed by atoms with van der Waals surface area (Å²) in [6.07, 6.45) is 0. The molecule has 0 saturated carbocycles. The number of nitrogens with two attached hydrogens (primary N) is 1. The van der Waals surface area contributed by atoms with Gasteiger partial charge >= 0.3 is 35.5 Å². The van der Waals surface area contributed by atoms with Crippen molar-refractivity contribution in [2.45, 2.75) is 6.92 Å². The molecule has 0 fully saturated rings. The molecule has 1 aromatic rings. The Morgan fingerprint density at radius 3 is 2.12 bits per heavy atom. The Morgan fingerprint density at radius 2 is 1.75 bits per heavy atom. The first kappa shape index (κ1) is 14.8. The molecule has 0 aliphatic carbocycles. The van der Waals surface area contributed by atoms with Crippen molar-refractivity contribution in [2.24, 2.45) is 5.73 Å². The molecule has 0 heterocycles. The number of ether oxygens (including phenoxy) is 1. The van der Waals surface area contributed by atoms with Crippen LogP contribution in [0.4, 0.5) is 0 Å². The summed E-state index contributed by atoms with van der Waals surface area (Å²) >= 11 is 0. The summed E-state index contributed by atoms with van der Waals surface area (Å²) in [5.41, 5.74) is 5.76. The fraction of sp³-hybridized carbons (Fsp3) is 0.100. The summed E-state index contributed by atoms with van der Waals surface area (Å²) < 4.78 is 4.71. The molecule has 0 aliphatic rings. The van der Waals surface area contributed by atoms with Crippen molar-refractivity contribution < 1.29 is 14.3 Å². The zero-order valence-corrected chi connectivity index (χ0v) is 8.11. The number of nitrogen functional groups attached to an aromatic ring is 1. The molecule has 0 saturated heterocycles. The van der Waals surface area contributed by atoms with E-state index in [2.05, 4.69) is 0 Å². The quantitative estimate of drug-likeness (QED) is 0.188. The Bertz CT molecular complexity index is 415. The number of ketones is 1. The van der Waals surface area contributed by atoms with E-state index in [1.807, 2.05) is 0 Å². The van der Waals surface area contributed by atoms with Crippen LogP contribution in [0, 0.1) is 5.41 Å². The molecule has 0 unspecified atom stereocenters. The molecule has 3 N–H and O–H groups in total. The van der Waals surface area contributed by atoms with Crippen molar-refractivity contribution in [3.05, 3.63) is 29.8 Å². The van der Waals surface area contributed by atoms with E-state index in [1.165, 1.54) is 24.3 Å². The molecule has 0 aromatic heterocycles. The molecule has 6 heteroatoms. The number of hydrogen-bond donors (Lipinski definition) is 2. The summed E-state index contributed by atoms with van der Waals surface area (Å²) in [5.74, 6) is -1.39. The standard InChI is InChI=1S/C10H10N2O3.Na.H/c1-6(13)10(14)15-8-4-2-7(3-5-8)9(11)12;;/h2-5H,1H3,(H3,11,12);;. The third-order valence-electron chi connectivity index (χ3n) is 1.66. The molecule has 80 valence electrons. The van der Waals surface area contributed by atoms with Crippen LogP contribution in [-0.4, -0.2) is 47.1 Å². The number of carbonyl (C=O) groups excluding carboxylic acids is 2. The van der Waals surface area contributed by atoms with E-state index in [-0.39, 0.29) is 41.1 Å². The van der Waals surface area contributed by atoms with Gasteiger partial charge in [-0.25, -0.2) is 4.79 Å². The van der Waals surface area contributed by atoms with Gasteiger partial charge in [0.15, 0.2) is 0 Å². The molecule has 0 radical (unpaired) electrons. The molecular formula is C10H11N2NaO3. The fourth-order valence-electron chi connectivity index (χ4n) is 0.881. The molecular weight excluding hydrogens is 219 g/mol. The zero-order chi connectivity index (χ0) is 11.4. The summed E-state index contributed by atoms with van der Waals surface area (Å²) in [6, 6.07) is 6.01. The maximum absolute atomic E-state index is 10.9. The van der Waals surface area contributed by atoms with Gasteiger partial charge in [-0.15, -0.1) is 0 Å². The van der Waals surface area contributed by atoms with E-state index in [0.29, 0.717) is 5.56 Å². The van der Waals surface area contributed by atoms with Crippen LogP contribution in [0.15, 0.2) is 24.3 Å². The van der Waals surface area contributed by atoms with E-state index in [1.54, 1.807) is 0 Å². The number of amidine groups is 1. The van der Waals surface area contributed by atoms with Crippen molar-refractivity contribution in [1.82, 2.24) is 0 Å². The summed E-state index contributed by atoms with van der Waals surface area (Å²) in [6.45, 7) is 1.13. The van der Waals surface area contributed by atoms with Crippen LogP contribution in [-0.2, 0) is 9.59 Å². The van der Waals surface area contributed by atoms with Crippen LogP contribution in [0.5, 0.6) is 5.75 Å². The molecule has 0 spiro atoms. The molecule has 0 bridgehead atoms. The first-order valence-corrected chi connectivity index (χ1v) is 4.18. The Kier molecular flexibility index (Phi) is 5.95. The van der Waals surface area contributed by atoms with Gasteiger partial charge in [-0.1, -0.05) is 0 Å². The first-order valence-electron chi connectivity index (χ1n) is 4.18. The molecule has 5 nitrogen and oxygen atoms in total. The SMILES string of the molecule is CC(=O)C(=O)Oc1ccc(C(=N)N)cc1.[NaH]. The Hall–Kier alpha value is -1.17. The number of hydrogen-bond acceptors (Lipinski definition) is 4. The van der Waals surface area contributed by atoms with Gasteiger partial charge < -0.3 is 10.5 Å². The van der Waals surface area contributed by atoms with Crippen LogP contribution in [0.1, 0.15) is 12.5 Å². The Morgan fingerprint density at radius 1 is 1.25 bits per heavy atom. The number of esters is 1. The number of carbonyl (C=O) groups is 2. The van der Waals surface area contributed by atoms with Crippen LogP contribution >= 0.6 is 0 Å². The van der Waals surface area contributed by atoms with Gasteiger partial charge in [0.1, 0.15) is 11.6 Å². The molecule has 16 heavy (non-hydrogen) atoms. The second-order valence-electron chi connectivity index (χ2n) is 2.88. The Labute approximate surface area is 115 Å². The average Bonchev–Trinajstić information content (AvgIpc) is 2.18. The monoisotopic (exact) mass is 230 g/mol. The molecule has 0 aliphatic heterocycles. The van der Waals surface area contributed by atoms with E-state index < -0.39 is 11.8 Å². The van der Waals surface area contributed by atoms with E-state index >= 15 is 0 Å². The van der Waals surface area contributed by atoms with Gasteiger partial charge in [-0.05, 0) is 24.3 Å². The second-order valence-corrected chi connectivity index (χ2v) is 2.88. The number of benzene rings is 1. The van der Waals surface area contributed by atoms with E-state index in [4.69, 9.17) is 15.9 Å². The number of rotatable bonds is 3. The molecule has 0 amide bonds. The molecule has 0 atom stereocenters. The fourth-order valence-corrected chi connectivity index (χ4v) is 0.881. The van der Waals surface area contributed by atoms with E-state index in [0.717, 1.165) is 6.92 Å². The van der Waals surface area contributed by atoms with Gasteiger partial charge in [0.25, 0.3) is 0 Å². The Balaban J connectivity index is 0.00000225. The van der Waals surface area contributed by atoms with Crippen molar-refractivity contribution in [1.29, 1.82) is 5.41 Å². The number of nitrogens with one attached hydrogen (secondary N) is 1. The first-order chi connectivity index (χ1) is 7.00. The predicted octanol–water partition coefficient (Wildman–Crippen LogP) is -0.183. The van der Waals surface area contributed by atoms with E-state index in [9.17, 15) is 9.59 Å². The minimum atomic E-state index is -0.912. The van der Waals surface area contributed by atoms with Gasteiger partial charge in [0.2, 0.25) is 5.78 Å². The topological polar surface area (TPSA) is 93.2 Å². The van der Waals surface area contributed by atoms with Crippen molar-refractivity contribution >= 4 is 47.1 Å². The van der Waals surface area contributed by atoms with Gasteiger partial charge in [-0.2, -0.15) is 0 Å². The van der Waals surface area contributed by atoms with Crippen molar-refractivity contribution in [2.75, 3.05) is 0 Å². The third-order valence-corrected chi connectivity index (χ3v) is 1.66. The van der Waals surface area contributed by atoms with Gasteiger partial charge in [-0.3, -0.25) is 10.2 Å². The van der Waals surface area contributed by atoms with Crippen molar-refractivity contribution in [3.63, 3.8) is 0 Å². The van der Waals surface area contributed by atoms with Gasteiger partial charge in [0.05, 0.1) is 0 Å². The van der Waals surface area contributed by atoms with Crippen LogP contribution in [0.2, 0.25) is 0 Å². The third kappa shape index (κ3) is 4.14. The van der Waals surface area contributed by atoms with Crippen LogP contribution < -0.4 is 10.5 Å². The van der Waals surface area contributed by atoms with Crippen molar-refractivity contribution in [3.8, 4) is 5.75 Å². The van der Waals surface area contributed by atoms with Gasteiger partial charge in [0, 0.05) is 12.5 Å². The molecule has 1 aromatic carbocycles. The average molecular weight is 230 g/mol. The normalized spacial score (nSPS) is 8.81. The number of Topliss-reactive ketones (excluding diaryl/α,β-unsaturated/α-hetero) is 1. The van der Waals surface area contributed by atoms with Crippen LogP contribution in [0.25, 0.3) is 0 Å². The van der Waals surface area contributed by atoms with Crippen LogP contribution in [0.3, 0.4) is 0 Å². The summed E-state index contributed by atoms with van der Waals surface area (Å²) in [4.78, 5) is 21.5. The molecule has 1 rings (SSSR count).